The topological polar surface area (TPSA) is 52.6 Å². The summed E-state index contributed by atoms with van der Waals surface area (Å²) in [6.45, 7) is 2.19. The predicted molar refractivity (Wildman–Crippen MR) is 71.7 cm³/mol. The van der Waals surface area contributed by atoms with Gasteiger partial charge in [0.05, 0.1) is 17.3 Å². The van der Waals surface area contributed by atoms with E-state index in [4.69, 9.17) is 16.7 Å². The Morgan fingerprint density at radius 3 is 2.94 bits per heavy atom. The van der Waals surface area contributed by atoms with Gasteiger partial charge < -0.3 is 10.4 Å². The number of hydrogen-bond acceptors (Lipinski definition) is 3. The fraction of sp³-hybridized carbons (Fsp3) is 0.462. The lowest BCUT2D eigenvalue weighted by atomic mass is 10.1. The number of nitrogens with one attached hydrogen (secondary N) is 1. The molecule has 1 aromatic rings. The van der Waals surface area contributed by atoms with Crippen molar-refractivity contribution >= 4 is 23.2 Å². The quantitative estimate of drug-likeness (QED) is 0.872. The molecule has 1 saturated heterocycles. The number of anilines is 1. The van der Waals surface area contributed by atoms with E-state index in [9.17, 15) is 4.79 Å². The first kappa shape index (κ1) is 13.3. The molecule has 1 aromatic carbocycles. The number of benzene rings is 1. The molecule has 0 spiro atoms. The molecule has 5 heteroatoms. The van der Waals surface area contributed by atoms with E-state index >= 15 is 0 Å². The van der Waals surface area contributed by atoms with Crippen molar-refractivity contribution in [3.63, 3.8) is 0 Å². The molecule has 0 aromatic heterocycles. The number of hydrogen-bond donors (Lipinski definition) is 2. The largest absolute Gasteiger partial charge is 0.396 e. The first-order valence-electron chi connectivity index (χ1n) is 6.06. The lowest BCUT2D eigenvalue weighted by Gasteiger charge is -2.15. The lowest BCUT2D eigenvalue weighted by Crippen LogP contribution is -2.31. The van der Waals surface area contributed by atoms with Gasteiger partial charge in [0.25, 0.3) is 0 Å². The molecule has 1 aliphatic rings. The van der Waals surface area contributed by atoms with E-state index in [-0.39, 0.29) is 12.5 Å². The summed E-state index contributed by atoms with van der Waals surface area (Å²) in [6.07, 6.45) is 0.954. The number of aliphatic hydroxyl groups excluding tert-OH is 1. The highest BCUT2D eigenvalue weighted by Gasteiger charge is 2.23. The molecule has 4 nitrogen and oxygen atoms in total. The number of nitrogens with zero attached hydrogens (tertiary/aromatic N) is 1. The number of aliphatic hydroxyl groups is 1. The van der Waals surface area contributed by atoms with Crippen LogP contribution in [0.3, 0.4) is 0 Å². The maximum atomic E-state index is 11.8. The Labute approximate surface area is 112 Å². The van der Waals surface area contributed by atoms with E-state index in [1.165, 1.54) is 0 Å². The van der Waals surface area contributed by atoms with E-state index in [1.54, 1.807) is 12.1 Å². The molecule has 1 fully saturated rings. The molecule has 0 saturated carbocycles. The van der Waals surface area contributed by atoms with Gasteiger partial charge in [0, 0.05) is 13.2 Å². The van der Waals surface area contributed by atoms with Crippen molar-refractivity contribution in [1.29, 1.82) is 0 Å². The zero-order valence-electron chi connectivity index (χ0n) is 10.1. The Hall–Kier alpha value is -1.10. The van der Waals surface area contributed by atoms with Gasteiger partial charge in [-0.05, 0) is 31.0 Å². The Morgan fingerprint density at radius 1 is 1.50 bits per heavy atom. The Bertz CT molecular complexity index is 425. The minimum Gasteiger partial charge on any atom is -0.396 e. The molecule has 1 aliphatic heterocycles. The van der Waals surface area contributed by atoms with Crippen LogP contribution in [-0.4, -0.2) is 42.2 Å². The molecule has 1 amide bonds. The van der Waals surface area contributed by atoms with Crippen molar-refractivity contribution in [2.75, 3.05) is 31.6 Å². The summed E-state index contributed by atoms with van der Waals surface area (Å²) in [5.74, 6) is 0.236. The average Bonchev–Trinajstić information content (AvgIpc) is 2.80. The molecule has 1 heterocycles. The highest BCUT2D eigenvalue weighted by molar-refractivity contribution is 6.33. The van der Waals surface area contributed by atoms with Crippen LogP contribution in [0.25, 0.3) is 0 Å². The summed E-state index contributed by atoms with van der Waals surface area (Å²) < 4.78 is 0. The van der Waals surface area contributed by atoms with Crippen LogP contribution < -0.4 is 5.32 Å². The first-order chi connectivity index (χ1) is 8.69. The Kier molecular flexibility index (Phi) is 4.58. The zero-order valence-corrected chi connectivity index (χ0v) is 10.9. The third-order valence-corrected chi connectivity index (χ3v) is 3.47. The highest BCUT2D eigenvalue weighted by atomic mass is 35.5. The Morgan fingerprint density at radius 2 is 2.28 bits per heavy atom. The van der Waals surface area contributed by atoms with Gasteiger partial charge in [-0.1, -0.05) is 23.7 Å². The first-order valence-corrected chi connectivity index (χ1v) is 6.44. The molecule has 98 valence electrons. The van der Waals surface area contributed by atoms with Crippen molar-refractivity contribution in [1.82, 2.24) is 4.90 Å². The fourth-order valence-corrected chi connectivity index (χ4v) is 2.34. The van der Waals surface area contributed by atoms with E-state index in [0.717, 1.165) is 19.5 Å². The van der Waals surface area contributed by atoms with Crippen LogP contribution in [0.1, 0.15) is 6.42 Å². The normalized spacial score (nSPS) is 20.0. The number of halogens is 1. The molecular weight excluding hydrogens is 252 g/mol. The average molecular weight is 269 g/mol. The van der Waals surface area contributed by atoms with Gasteiger partial charge in [-0.3, -0.25) is 9.69 Å². The lowest BCUT2D eigenvalue weighted by molar-refractivity contribution is -0.117. The molecular formula is C13H17ClN2O2. The number of carbonyl (C=O) groups excluding carboxylic acids is 1. The van der Waals surface area contributed by atoms with E-state index in [2.05, 4.69) is 5.32 Å². The number of likely N-dealkylation sites (tertiary alicyclic amines) is 1. The summed E-state index contributed by atoms with van der Waals surface area (Å²) in [5, 5.41) is 12.4. The van der Waals surface area contributed by atoms with E-state index in [0.29, 0.717) is 23.2 Å². The molecule has 0 aliphatic carbocycles. The molecule has 2 rings (SSSR count). The molecule has 1 atom stereocenters. The van der Waals surface area contributed by atoms with Crippen molar-refractivity contribution in [2.24, 2.45) is 5.92 Å². The second kappa shape index (κ2) is 6.18. The zero-order chi connectivity index (χ0) is 13.0. The highest BCUT2D eigenvalue weighted by Crippen LogP contribution is 2.20. The van der Waals surface area contributed by atoms with Gasteiger partial charge in [-0.25, -0.2) is 0 Å². The number of para-hydroxylation sites is 1. The maximum Gasteiger partial charge on any atom is 0.238 e. The molecule has 1 unspecified atom stereocenters. The van der Waals surface area contributed by atoms with Gasteiger partial charge in [0.1, 0.15) is 0 Å². The van der Waals surface area contributed by atoms with E-state index in [1.807, 2.05) is 17.0 Å². The molecule has 18 heavy (non-hydrogen) atoms. The molecule has 0 radical (unpaired) electrons. The number of amides is 1. The monoisotopic (exact) mass is 268 g/mol. The summed E-state index contributed by atoms with van der Waals surface area (Å²) in [7, 11) is 0. The smallest absolute Gasteiger partial charge is 0.238 e. The third-order valence-electron chi connectivity index (χ3n) is 3.14. The minimum absolute atomic E-state index is 0.0679. The van der Waals surface area contributed by atoms with Crippen LogP contribution in [0.15, 0.2) is 24.3 Å². The van der Waals surface area contributed by atoms with Gasteiger partial charge in [-0.2, -0.15) is 0 Å². The SMILES string of the molecule is O=C(CN1CCC(CO)C1)Nc1ccccc1Cl. The molecule has 2 N–H and O–H groups in total. The predicted octanol–water partition coefficient (Wildman–Crippen LogP) is 1.59. The Balaban J connectivity index is 1.84. The standard InChI is InChI=1S/C13H17ClN2O2/c14-11-3-1-2-4-12(11)15-13(18)8-16-6-5-10(7-16)9-17/h1-4,10,17H,5-9H2,(H,15,18). The van der Waals surface area contributed by atoms with Crippen LogP contribution in [0.2, 0.25) is 5.02 Å². The number of rotatable bonds is 4. The van der Waals surface area contributed by atoms with Crippen LogP contribution in [0.4, 0.5) is 5.69 Å². The van der Waals surface area contributed by atoms with Crippen LogP contribution >= 0.6 is 11.6 Å². The summed E-state index contributed by atoms with van der Waals surface area (Å²) in [6, 6.07) is 7.18. The van der Waals surface area contributed by atoms with Crippen LogP contribution in [0, 0.1) is 5.92 Å². The molecule has 0 bridgehead atoms. The third kappa shape index (κ3) is 3.45. The summed E-state index contributed by atoms with van der Waals surface area (Å²) >= 11 is 5.97. The fourth-order valence-electron chi connectivity index (χ4n) is 2.16. The van der Waals surface area contributed by atoms with Gasteiger partial charge in [0.15, 0.2) is 0 Å². The van der Waals surface area contributed by atoms with Gasteiger partial charge in [0.2, 0.25) is 5.91 Å². The summed E-state index contributed by atoms with van der Waals surface area (Å²) in [5.41, 5.74) is 0.641. The summed E-state index contributed by atoms with van der Waals surface area (Å²) in [4.78, 5) is 13.9. The van der Waals surface area contributed by atoms with Gasteiger partial charge >= 0.3 is 0 Å². The van der Waals surface area contributed by atoms with Crippen LogP contribution in [-0.2, 0) is 4.79 Å². The van der Waals surface area contributed by atoms with Crippen molar-refractivity contribution in [3.05, 3.63) is 29.3 Å². The second-order valence-corrected chi connectivity index (χ2v) is 5.01. The van der Waals surface area contributed by atoms with Crippen molar-refractivity contribution in [2.45, 2.75) is 6.42 Å². The second-order valence-electron chi connectivity index (χ2n) is 4.60. The van der Waals surface area contributed by atoms with E-state index < -0.39 is 0 Å². The maximum absolute atomic E-state index is 11.8. The minimum atomic E-state index is -0.0679. The van der Waals surface area contributed by atoms with Crippen molar-refractivity contribution < 1.29 is 9.90 Å². The van der Waals surface area contributed by atoms with Crippen LogP contribution in [0.5, 0.6) is 0 Å². The number of carbonyl (C=O) groups is 1. The van der Waals surface area contributed by atoms with Crippen molar-refractivity contribution in [3.8, 4) is 0 Å². The van der Waals surface area contributed by atoms with Gasteiger partial charge in [-0.15, -0.1) is 0 Å².